The maximum atomic E-state index is 11.6. The van der Waals surface area contributed by atoms with Crippen LogP contribution in [0.3, 0.4) is 0 Å². The van der Waals surface area contributed by atoms with Crippen LogP contribution in [-0.4, -0.2) is 60.3 Å². The molecule has 144 valence electrons. The highest BCUT2D eigenvalue weighted by Crippen LogP contribution is 2.71. The summed E-state index contributed by atoms with van der Waals surface area (Å²) in [4.78, 5) is 23.2. The van der Waals surface area contributed by atoms with Crippen LogP contribution in [0.2, 0.25) is 0 Å². The van der Waals surface area contributed by atoms with E-state index in [9.17, 15) is 14.7 Å². The highest BCUT2D eigenvalue weighted by Gasteiger charge is 2.82. The van der Waals surface area contributed by atoms with E-state index < -0.39 is 28.6 Å². The van der Waals surface area contributed by atoms with Crippen LogP contribution < -0.4 is 0 Å². The largest absolute Gasteiger partial charge is 0.465 e. The van der Waals surface area contributed by atoms with Crippen LogP contribution in [0.25, 0.3) is 0 Å². The van der Waals surface area contributed by atoms with Gasteiger partial charge in [-0.05, 0) is 25.3 Å². The standard InChI is InChI=1S/C19H26O7/c1-10-5-15-18(6-13(10)22,8-23-11(2)20)17(4)7-14(25-12(3)21)16(26-15)19(17)9-24-19/h5,13-16,22H,6-9H2,1-4H3/t13-,14+,15+,16+,17+,18+,19-/m0/s1. The molecular formula is C19H26O7. The number of hydrogen-bond donors (Lipinski definition) is 1. The van der Waals surface area contributed by atoms with E-state index in [-0.39, 0.29) is 30.8 Å². The van der Waals surface area contributed by atoms with E-state index in [1.54, 1.807) is 0 Å². The Bertz CT molecular complexity index is 681. The van der Waals surface area contributed by atoms with E-state index in [1.165, 1.54) is 13.8 Å². The van der Waals surface area contributed by atoms with Crippen LogP contribution in [0.4, 0.5) is 0 Å². The first-order valence-electron chi connectivity index (χ1n) is 9.12. The molecule has 0 radical (unpaired) electrons. The summed E-state index contributed by atoms with van der Waals surface area (Å²) in [6, 6.07) is 0. The molecule has 4 aliphatic rings. The Morgan fingerprint density at radius 1 is 1.31 bits per heavy atom. The molecule has 1 spiro atoms. The van der Waals surface area contributed by atoms with Crippen LogP contribution in [0.15, 0.2) is 11.6 Å². The molecule has 0 aromatic heterocycles. The molecule has 26 heavy (non-hydrogen) atoms. The predicted octanol–water partition coefficient (Wildman–Crippen LogP) is 1.12. The minimum atomic E-state index is -0.639. The van der Waals surface area contributed by atoms with Crippen molar-refractivity contribution in [3.05, 3.63) is 11.6 Å². The van der Waals surface area contributed by atoms with Gasteiger partial charge in [-0.25, -0.2) is 0 Å². The molecule has 1 N–H and O–H groups in total. The topological polar surface area (TPSA) is 94.6 Å². The Hall–Kier alpha value is -1.44. The summed E-state index contributed by atoms with van der Waals surface area (Å²) in [5, 5.41) is 10.6. The third kappa shape index (κ3) is 2.17. The van der Waals surface area contributed by atoms with Crippen molar-refractivity contribution in [3.63, 3.8) is 0 Å². The SMILES string of the molecule is CC(=O)OC[C@]12C[C@H](O)C(C)=C[C@H]1O[C@@H]1[C@H](OC(C)=O)C[C@@]2(C)[C@]12CO2. The van der Waals surface area contributed by atoms with Crippen molar-refractivity contribution in [3.8, 4) is 0 Å². The van der Waals surface area contributed by atoms with E-state index in [0.29, 0.717) is 19.4 Å². The maximum absolute atomic E-state index is 11.6. The second-order valence-electron chi connectivity index (χ2n) is 8.41. The smallest absolute Gasteiger partial charge is 0.302 e. The zero-order chi connectivity index (χ0) is 18.9. The van der Waals surface area contributed by atoms with Crippen molar-refractivity contribution in [2.75, 3.05) is 13.2 Å². The molecule has 2 saturated heterocycles. The van der Waals surface area contributed by atoms with Crippen LogP contribution in [0.5, 0.6) is 0 Å². The number of hydrogen-bond acceptors (Lipinski definition) is 7. The van der Waals surface area contributed by atoms with Gasteiger partial charge >= 0.3 is 11.9 Å². The second-order valence-corrected chi connectivity index (χ2v) is 8.41. The third-order valence-electron chi connectivity index (χ3n) is 7.08. The molecule has 7 heteroatoms. The number of carbonyl (C=O) groups excluding carboxylic acids is 2. The van der Waals surface area contributed by atoms with Gasteiger partial charge in [-0.1, -0.05) is 13.0 Å². The number of epoxide rings is 1. The molecule has 7 nitrogen and oxygen atoms in total. The predicted molar refractivity (Wildman–Crippen MR) is 89.1 cm³/mol. The minimum absolute atomic E-state index is 0.134. The Balaban J connectivity index is 1.80. The molecule has 1 saturated carbocycles. The van der Waals surface area contributed by atoms with Gasteiger partial charge in [0.25, 0.3) is 0 Å². The van der Waals surface area contributed by atoms with Crippen molar-refractivity contribution < 1.29 is 33.6 Å². The lowest BCUT2D eigenvalue weighted by Crippen LogP contribution is -2.65. The first-order valence-corrected chi connectivity index (χ1v) is 9.12. The van der Waals surface area contributed by atoms with Crippen molar-refractivity contribution >= 4 is 11.9 Å². The molecule has 0 amide bonds. The summed E-state index contributed by atoms with van der Waals surface area (Å²) in [5.41, 5.74) is -0.822. The first kappa shape index (κ1) is 17.9. The maximum Gasteiger partial charge on any atom is 0.302 e. The van der Waals surface area contributed by atoms with Crippen molar-refractivity contribution in [1.82, 2.24) is 0 Å². The zero-order valence-corrected chi connectivity index (χ0v) is 15.6. The summed E-state index contributed by atoms with van der Waals surface area (Å²) in [6.07, 6.45) is 1.15. The van der Waals surface area contributed by atoms with Crippen molar-refractivity contribution in [2.24, 2.45) is 10.8 Å². The summed E-state index contributed by atoms with van der Waals surface area (Å²) in [6.45, 7) is 7.38. The highest BCUT2D eigenvalue weighted by molar-refractivity contribution is 5.66. The normalized spacial score (nSPS) is 48.6. The molecular weight excluding hydrogens is 340 g/mol. The molecule has 2 aliphatic carbocycles. The number of carbonyl (C=O) groups is 2. The lowest BCUT2D eigenvalue weighted by atomic mass is 9.51. The molecule has 2 aliphatic heterocycles. The molecule has 0 unspecified atom stereocenters. The van der Waals surface area contributed by atoms with E-state index in [4.69, 9.17) is 18.9 Å². The average Bonchev–Trinajstić information content (AvgIpc) is 3.30. The van der Waals surface area contributed by atoms with Crippen LogP contribution in [0.1, 0.15) is 40.5 Å². The number of fused-ring (bicyclic) bond motifs is 2. The number of rotatable bonds is 3. The Morgan fingerprint density at radius 3 is 2.58 bits per heavy atom. The molecule has 0 aromatic rings. The van der Waals surface area contributed by atoms with Crippen LogP contribution in [0, 0.1) is 10.8 Å². The second kappa shape index (κ2) is 5.53. The van der Waals surface area contributed by atoms with Gasteiger partial charge in [0.1, 0.15) is 24.4 Å². The number of aliphatic hydroxyl groups is 1. The van der Waals surface area contributed by atoms with Gasteiger partial charge in [0.05, 0.1) is 18.8 Å². The number of aliphatic hydroxyl groups excluding tert-OH is 1. The van der Waals surface area contributed by atoms with Crippen LogP contribution in [-0.2, 0) is 28.5 Å². The summed E-state index contributed by atoms with van der Waals surface area (Å²) in [7, 11) is 0. The van der Waals surface area contributed by atoms with Gasteiger partial charge in [-0.15, -0.1) is 0 Å². The van der Waals surface area contributed by atoms with Crippen molar-refractivity contribution in [1.29, 1.82) is 0 Å². The lowest BCUT2D eigenvalue weighted by Gasteiger charge is -2.57. The van der Waals surface area contributed by atoms with Gasteiger partial charge in [-0.2, -0.15) is 0 Å². The molecule has 4 rings (SSSR count). The van der Waals surface area contributed by atoms with E-state index in [0.717, 1.165) is 5.57 Å². The van der Waals surface area contributed by atoms with Gasteiger partial charge < -0.3 is 24.1 Å². The monoisotopic (exact) mass is 366 g/mol. The van der Waals surface area contributed by atoms with E-state index in [1.807, 2.05) is 13.0 Å². The molecule has 2 heterocycles. The fraction of sp³-hybridized carbons (Fsp3) is 0.789. The summed E-state index contributed by atoms with van der Waals surface area (Å²) < 4.78 is 23.4. The molecule has 2 bridgehead atoms. The summed E-state index contributed by atoms with van der Waals surface area (Å²) >= 11 is 0. The van der Waals surface area contributed by atoms with E-state index >= 15 is 0 Å². The van der Waals surface area contributed by atoms with Crippen LogP contribution >= 0.6 is 0 Å². The molecule has 3 fully saturated rings. The number of ether oxygens (including phenoxy) is 4. The highest BCUT2D eigenvalue weighted by atomic mass is 16.7. The van der Waals surface area contributed by atoms with Gasteiger partial charge in [0.2, 0.25) is 0 Å². The van der Waals surface area contributed by atoms with Gasteiger partial charge in [0, 0.05) is 24.7 Å². The Morgan fingerprint density at radius 2 is 2.00 bits per heavy atom. The van der Waals surface area contributed by atoms with Gasteiger partial charge in [0.15, 0.2) is 0 Å². The molecule has 0 aromatic carbocycles. The molecule has 7 atom stereocenters. The Kier molecular flexibility index (Phi) is 3.82. The Labute approximate surface area is 152 Å². The quantitative estimate of drug-likeness (QED) is 0.454. The fourth-order valence-corrected chi connectivity index (χ4v) is 5.52. The van der Waals surface area contributed by atoms with Gasteiger partial charge in [-0.3, -0.25) is 9.59 Å². The van der Waals surface area contributed by atoms with E-state index in [2.05, 4.69) is 6.92 Å². The first-order chi connectivity index (χ1) is 12.2. The van der Waals surface area contributed by atoms with Crippen molar-refractivity contribution in [2.45, 2.75) is 70.6 Å². The average molecular weight is 366 g/mol. The minimum Gasteiger partial charge on any atom is -0.465 e. The third-order valence-corrected chi connectivity index (χ3v) is 7.08. The number of esters is 2. The zero-order valence-electron chi connectivity index (χ0n) is 15.6. The lowest BCUT2D eigenvalue weighted by molar-refractivity contribution is -0.229. The summed E-state index contributed by atoms with van der Waals surface area (Å²) in [5.74, 6) is -0.723. The fourth-order valence-electron chi connectivity index (χ4n) is 5.52.